The summed E-state index contributed by atoms with van der Waals surface area (Å²) in [5.41, 5.74) is 5.16. The number of fused-ring (bicyclic) bond motifs is 2. The van der Waals surface area contributed by atoms with Crippen LogP contribution < -0.4 is 4.74 Å². The van der Waals surface area contributed by atoms with Crippen LogP contribution in [0.25, 0.3) is 5.57 Å². The molecule has 1 aliphatic rings. The first-order valence-electron chi connectivity index (χ1n) is 8.41. The van der Waals surface area contributed by atoms with E-state index in [1.165, 1.54) is 47.9 Å². The summed E-state index contributed by atoms with van der Waals surface area (Å²) in [7, 11) is 0. The Morgan fingerprint density at radius 2 is 1.68 bits per heavy atom. The molecule has 1 heterocycles. The molecular weight excluding hydrogens is 268 g/mol. The Kier molecular flexibility index (Phi) is 4.95. The highest BCUT2D eigenvalue weighted by molar-refractivity contribution is 5.84. The molecule has 1 nitrogen and oxygen atoms in total. The molecule has 1 heteroatoms. The number of hydrogen-bond donors (Lipinski definition) is 0. The Balaban J connectivity index is 1.93. The zero-order valence-electron chi connectivity index (χ0n) is 13.3. The van der Waals surface area contributed by atoms with Crippen molar-refractivity contribution in [2.75, 3.05) is 0 Å². The highest BCUT2D eigenvalue weighted by Gasteiger charge is 2.17. The normalized spacial score (nSPS) is 14.9. The predicted molar refractivity (Wildman–Crippen MR) is 93.1 cm³/mol. The number of ether oxygens (including phenoxy) is 1. The van der Waals surface area contributed by atoms with E-state index >= 15 is 0 Å². The molecule has 22 heavy (non-hydrogen) atoms. The van der Waals surface area contributed by atoms with Gasteiger partial charge >= 0.3 is 0 Å². The predicted octanol–water partition coefficient (Wildman–Crippen LogP) is 5.98. The van der Waals surface area contributed by atoms with E-state index in [0.717, 1.165) is 12.2 Å². The lowest BCUT2D eigenvalue weighted by Gasteiger charge is -2.10. The summed E-state index contributed by atoms with van der Waals surface area (Å²) < 4.78 is 6.01. The summed E-state index contributed by atoms with van der Waals surface area (Å²) in [5.74, 6) is 0.999. The smallest absolute Gasteiger partial charge is 0.127 e. The Bertz CT molecular complexity index is 605. The average molecular weight is 292 g/mol. The van der Waals surface area contributed by atoms with E-state index in [9.17, 15) is 0 Å². The number of para-hydroxylation sites is 1. The molecule has 114 valence electrons. The Labute approximate surface area is 133 Å². The van der Waals surface area contributed by atoms with E-state index in [4.69, 9.17) is 4.74 Å². The molecule has 0 spiro atoms. The van der Waals surface area contributed by atoms with E-state index in [2.05, 4.69) is 55.5 Å². The van der Waals surface area contributed by atoms with Gasteiger partial charge in [-0.15, -0.1) is 0 Å². The van der Waals surface area contributed by atoms with Crippen molar-refractivity contribution in [2.24, 2.45) is 0 Å². The fraction of sp³-hybridized carbons (Fsp3) is 0.333. The number of hydrogen-bond acceptors (Lipinski definition) is 1. The zero-order chi connectivity index (χ0) is 15.2. The molecule has 0 saturated carbocycles. The van der Waals surface area contributed by atoms with Crippen LogP contribution in [0.4, 0.5) is 0 Å². The van der Waals surface area contributed by atoms with E-state index in [1.54, 1.807) is 0 Å². The van der Waals surface area contributed by atoms with Crippen LogP contribution in [-0.4, -0.2) is 0 Å². The molecule has 2 aromatic carbocycles. The highest BCUT2D eigenvalue weighted by Crippen LogP contribution is 2.36. The second kappa shape index (κ2) is 7.31. The van der Waals surface area contributed by atoms with Crippen molar-refractivity contribution in [2.45, 2.75) is 45.6 Å². The van der Waals surface area contributed by atoms with Crippen LogP contribution in [0.15, 0.2) is 54.6 Å². The fourth-order valence-corrected chi connectivity index (χ4v) is 3.06. The van der Waals surface area contributed by atoms with Crippen molar-refractivity contribution < 1.29 is 4.74 Å². The maximum absolute atomic E-state index is 6.01. The van der Waals surface area contributed by atoms with Gasteiger partial charge in [0, 0.05) is 5.56 Å². The van der Waals surface area contributed by atoms with Gasteiger partial charge in [0.2, 0.25) is 0 Å². The molecule has 0 aliphatic carbocycles. The second-order valence-corrected chi connectivity index (χ2v) is 5.91. The van der Waals surface area contributed by atoms with Crippen molar-refractivity contribution in [3.63, 3.8) is 0 Å². The van der Waals surface area contributed by atoms with Gasteiger partial charge in [-0.25, -0.2) is 0 Å². The van der Waals surface area contributed by atoms with Gasteiger partial charge in [-0.2, -0.15) is 0 Å². The Morgan fingerprint density at radius 1 is 0.909 bits per heavy atom. The number of allylic oxidation sites excluding steroid dienone is 1. The van der Waals surface area contributed by atoms with Crippen LogP contribution in [0.1, 0.15) is 55.7 Å². The van der Waals surface area contributed by atoms with Gasteiger partial charge in [0.25, 0.3) is 0 Å². The van der Waals surface area contributed by atoms with Gasteiger partial charge in [-0.3, -0.25) is 0 Å². The lowest BCUT2D eigenvalue weighted by atomic mass is 9.93. The number of unbranched alkanes of at least 4 members (excludes halogenated alkanes) is 4. The van der Waals surface area contributed by atoms with Crippen LogP contribution in [0.3, 0.4) is 0 Å². The topological polar surface area (TPSA) is 9.23 Å². The SMILES string of the molecule is CCCCCC/C=C1/c2ccccc2COc2ccccc21. The minimum absolute atomic E-state index is 0.653. The first kappa shape index (κ1) is 14.9. The quantitative estimate of drug-likeness (QED) is 0.616. The van der Waals surface area contributed by atoms with Crippen molar-refractivity contribution in [3.05, 3.63) is 71.3 Å². The van der Waals surface area contributed by atoms with Crippen LogP contribution in [-0.2, 0) is 6.61 Å². The maximum Gasteiger partial charge on any atom is 0.127 e. The fourth-order valence-electron chi connectivity index (χ4n) is 3.06. The Morgan fingerprint density at radius 3 is 2.55 bits per heavy atom. The summed E-state index contributed by atoms with van der Waals surface area (Å²) in [6.45, 7) is 2.91. The molecule has 0 saturated heterocycles. The minimum atomic E-state index is 0.653. The molecule has 0 fully saturated rings. The average Bonchev–Trinajstić information content (AvgIpc) is 2.72. The van der Waals surface area contributed by atoms with Gasteiger partial charge in [-0.05, 0) is 35.6 Å². The monoisotopic (exact) mass is 292 g/mol. The second-order valence-electron chi connectivity index (χ2n) is 5.91. The van der Waals surface area contributed by atoms with Gasteiger partial charge in [-0.1, -0.05) is 74.7 Å². The van der Waals surface area contributed by atoms with E-state index < -0.39 is 0 Å². The summed E-state index contributed by atoms with van der Waals surface area (Å²) >= 11 is 0. The van der Waals surface area contributed by atoms with E-state index in [1.807, 2.05) is 6.07 Å². The molecule has 0 N–H and O–H groups in total. The van der Waals surface area contributed by atoms with Gasteiger partial charge in [0.05, 0.1) is 0 Å². The number of rotatable bonds is 5. The van der Waals surface area contributed by atoms with E-state index in [0.29, 0.717) is 6.61 Å². The molecule has 0 bridgehead atoms. The molecule has 1 aliphatic heterocycles. The first-order valence-corrected chi connectivity index (χ1v) is 8.41. The third-order valence-electron chi connectivity index (χ3n) is 4.27. The largest absolute Gasteiger partial charge is 0.488 e. The minimum Gasteiger partial charge on any atom is -0.488 e. The molecule has 0 atom stereocenters. The van der Waals surface area contributed by atoms with Crippen LogP contribution >= 0.6 is 0 Å². The van der Waals surface area contributed by atoms with Crippen molar-refractivity contribution in [3.8, 4) is 5.75 Å². The van der Waals surface area contributed by atoms with Gasteiger partial charge in [0.15, 0.2) is 0 Å². The van der Waals surface area contributed by atoms with Crippen molar-refractivity contribution >= 4 is 5.57 Å². The zero-order valence-corrected chi connectivity index (χ0v) is 13.3. The third-order valence-corrected chi connectivity index (χ3v) is 4.27. The lowest BCUT2D eigenvalue weighted by Crippen LogP contribution is -1.94. The van der Waals surface area contributed by atoms with Crippen LogP contribution in [0.5, 0.6) is 5.75 Å². The summed E-state index contributed by atoms with van der Waals surface area (Å²) in [5, 5.41) is 0. The molecule has 0 aromatic heterocycles. The maximum atomic E-state index is 6.01. The molecule has 3 rings (SSSR count). The van der Waals surface area contributed by atoms with Crippen LogP contribution in [0.2, 0.25) is 0 Å². The van der Waals surface area contributed by atoms with Gasteiger partial charge in [0.1, 0.15) is 12.4 Å². The molecular formula is C21H24O. The molecule has 0 amide bonds. The first-order chi connectivity index (χ1) is 10.9. The standard InChI is InChI=1S/C21H24O/c1-2-3-4-5-6-13-19-18-12-8-7-11-17(18)16-22-21-15-10-9-14-20(19)21/h7-15H,2-6,16H2,1H3/b19-13-. The highest BCUT2D eigenvalue weighted by atomic mass is 16.5. The third kappa shape index (κ3) is 3.24. The van der Waals surface area contributed by atoms with E-state index in [-0.39, 0.29) is 0 Å². The molecule has 0 unspecified atom stereocenters. The van der Waals surface area contributed by atoms with Crippen LogP contribution in [0, 0.1) is 0 Å². The summed E-state index contributed by atoms with van der Waals surface area (Å²) in [4.78, 5) is 0. The summed E-state index contributed by atoms with van der Waals surface area (Å²) in [6, 6.07) is 17.0. The lowest BCUT2D eigenvalue weighted by molar-refractivity contribution is 0.307. The van der Waals surface area contributed by atoms with Gasteiger partial charge < -0.3 is 4.74 Å². The van der Waals surface area contributed by atoms with Crippen molar-refractivity contribution in [1.82, 2.24) is 0 Å². The Hall–Kier alpha value is -2.02. The number of benzene rings is 2. The molecule has 2 aromatic rings. The van der Waals surface area contributed by atoms with Crippen molar-refractivity contribution in [1.29, 1.82) is 0 Å². The summed E-state index contributed by atoms with van der Waals surface area (Å²) in [6.07, 6.45) is 8.75. The molecule has 0 radical (unpaired) electrons.